The fourth-order valence-corrected chi connectivity index (χ4v) is 1.26. The molecule has 1 rings (SSSR count). The average molecular weight is 231 g/mol. The fourth-order valence-electron chi connectivity index (χ4n) is 1.01. The van der Waals surface area contributed by atoms with Gasteiger partial charge in [-0.05, 0) is 18.2 Å². The second-order valence-corrected chi connectivity index (χ2v) is 3.28. The number of benzene rings is 1. The quantitative estimate of drug-likeness (QED) is 0.757. The first kappa shape index (κ1) is 11.8. The first-order valence-corrected chi connectivity index (χ1v) is 4.79. The minimum Gasteiger partial charge on any atom is -0.493 e. The van der Waals surface area contributed by atoms with Crippen LogP contribution in [0, 0.1) is 0 Å². The highest BCUT2D eigenvalue weighted by Gasteiger charge is 2.08. The van der Waals surface area contributed by atoms with Crippen molar-refractivity contribution < 1.29 is 19.7 Å². The number of ether oxygens (including phenoxy) is 1. The van der Waals surface area contributed by atoms with Crippen LogP contribution in [0.2, 0.25) is 5.02 Å². The zero-order valence-electron chi connectivity index (χ0n) is 7.94. The van der Waals surface area contributed by atoms with E-state index in [2.05, 4.69) is 0 Å². The first-order chi connectivity index (χ1) is 7.15. The van der Waals surface area contributed by atoms with Crippen molar-refractivity contribution in [1.29, 1.82) is 0 Å². The molecule has 2 N–H and O–H groups in total. The summed E-state index contributed by atoms with van der Waals surface area (Å²) in [5.74, 6) is -0.569. The number of halogens is 1. The van der Waals surface area contributed by atoms with Crippen molar-refractivity contribution in [3.05, 3.63) is 28.8 Å². The lowest BCUT2D eigenvalue weighted by atomic mass is 10.2. The van der Waals surface area contributed by atoms with Crippen LogP contribution in [0.25, 0.3) is 0 Å². The molecule has 1 aromatic carbocycles. The van der Waals surface area contributed by atoms with Gasteiger partial charge in [0.05, 0.1) is 17.2 Å². The second-order valence-electron chi connectivity index (χ2n) is 2.87. The van der Waals surface area contributed by atoms with Crippen molar-refractivity contribution in [2.24, 2.45) is 0 Å². The topological polar surface area (TPSA) is 66.8 Å². The molecular formula is C10H11ClO4. The molecule has 5 heteroatoms. The van der Waals surface area contributed by atoms with Crippen molar-refractivity contribution >= 4 is 17.6 Å². The predicted octanol–water partition coefficient (Wildman–Crippen LogP) is 1.80. The lowest BCUT2D eigenvalue weighted by Gasteiger charge is -2.06. The number of aliphatic hydroxyl groups is 1. The summed E-state index contributed by atoms with van der Waals surface area (Å²) in [6.45, 7) is 0.431. The summed E-state index contributed by atoms with van der Waals surface area (Å²) in [5.41, 5.74) is 0.0474. The van der Waals surface area contributed by atoms with Crippen LogP contribution >= 0.6 is 11.6 Å². The molecule has 0 radical (unpaired) electrons. The largest absolute Gasteiger partial charge is 0.493 e. The van der Waals surface area contributed by atoms with Gasteiger partial charge in [-0.15, -0.1) is 0 Å². The molecule has 0 aliphatic heterocycles. The van der Waals surface area contributed by atoms with Crippen LogP contribution in [-0.2, 0) is 0 Å². The summed E-state index contributed by atoms with van der Waals surface area (Å²) in [4.78, 5) is 10.6. The molecule has 0 heterocycles. The Labute approximate surface area is 92.1 Å². The standard InChI is InChI=1S/C10H11ClO4/c11-9-6-7(15-5-1-4-12)2-3-8(9)10(13)14/h2-3,6,12H,1,4-5H2,(H,13,14). The van der Waals surface area contributed by atoms with Crippen molar-refractivity contribution in [2.45, 2.75) is 6.42 Å². The summed E-state index contributed by atoms with van der Waals surface area (Å²) in [6, 6.07) is 4.37. The van der Waals surface area contributed by atoms with Gasteiger partial charge in [0.15, 0.2) is 0 Å². The van der Waals surface area contributed by atoms with Gasteiger partial charge in [-0.25, -0.2) is 4.79 Å². The highest BCUT2D eigenvalue weighted by atomic mass is 35.5. The molecule has 0 aliphatic rings. The molecule has 82 valence electrons. The van der Waals surface area contributed by atoms with Crippen molar-refractivity contribution in [3.8, 4) is 5.75 Å². The lowest BCUT2D eigenvalue weighted by Crippen LogP contribution is -2.01. The molecule has 0 bridgehead atoms. The second kappa shape index (κ2) is 5.58. The predicted molar refractivity (Wildman–Crippen MR) is 55.6 cm³/mol. The molecule has 4 nitrogen and oxygen atoms in total. The number of carboxylic acids is 1. The highest BCUT2D eigenvalue weighted by Crippen LogP contribution is 2.22. The van der Waals surface area contributed by atoms with Crippen LogP contribution in [0.1, 0.15) is 16.8 Å². The van der Waals surface area contributed by atoms with E-state index in [0.717, 1.165) is 0 Å². The molecule has 15 heavy (non-hydrogen) atoms. The number of carboxylic acid groups (broad SMARTS) is 1. The van der Waals surface area contributed by atoms with E-state index in [0.29, 0.717) is 18.8 Å². The van der Waals surface area contributed by atoms with Gasteiger partial charge in [0.1, 0.15) is 5.75 Å². The molecule has 0 unspecified atom stereocenters. The zero-order chi connectivity index (χ0) is 11.3. The van der Waals surface area contributed by atoms with E-state index in [9.17, 15) is 4.79 Å². The smallest absolute Gasteiger partial charge is 0.337 e. The van der Waals surface area contributed by atoms with Crippen LogP contribution in [-0.4, -0.2) is 29.4 Å². The Bertz CT molecular complexity index is 351. The summed E-state index contributed by atoms with van der Waals surface area (Å²) in [6.07, 6.45) is 0.526. The highest BCUT2D eigenvalue weighted by molar-refractivity contribution is 6.33. The Morgan fingerprint density at radius 1 is 1.47 bits per heavy atom. The maximum atomic E-state index is 10.6. The van der Waals surface area contributed by atoms with Crippen LogP contribution in [0.15, 0.2) is 18.2 Å². The van der Waals surface area contributed by atoms with Crippen LogP contribution in [0.5, 0.6) is 5.75 Å². The van der Waals surface area contributed by atoms with Gasteiger partial charge in [0.2, 0.25) is 0 Å². The van der Waals surface area contributed by atoms with Gasteiger partial charge < -0.3 is 14.9 Å². The van der Waals surface area contributed by atoms with Crippen molar-refractivity contribution in [1.82, 2.24) is 0 Å². The summed E-state index contributed by atoms with van der Waals surface area (Å²) in [5, 5.41) is 17.4. The third-order valence-corrected chi connectivity index (χ3v) is 2.05. The Morgan fingerprint density at radius 3 is 2.73 bits per heavy atom. The van der Waals surface area contributed by atoms with E-state index in [4.69, 9.17) is 26.6 Å². The molecule has 0 saturated carbocycles. The third kappa shape index (κ3) is 3.42. The molecule has 0 aliphatic carbocycles. The SMILES string of the molecule is O=C(O)c1ccc(OCCCO)cc1Cl. The fraction of sp³-hybridized carbons (Fsp3) is 0.300. The van der Waals surface area contributed by atoms with Crippen LogP contribution in [0.3, 0.4) is 0 Å². The minimum absolute atomic E-state index is 0.0474. The Kier molecular flexibility index (Phi) is 4.39. The molecule has 0 spiro atoms. The summed E-state index contributed by atoms with van der Waals surface area (Å²) >= 11 is 5.73. The summed E-state index contributed by atoms with van der Waals surface area (Å²) < 4.78 is 5.22. The Hall–Kier alpha value is -1.26. The van der Waals surface area contributed by atoms with Gasteiger partial charge in [0.25, 0.3) is 0 Å². The van der Waals surface area contributed by atoms with Crippen LogP contribution in [0.4, 0.5) is 0 Å². The van der Waals surface area contributed by atoms with Crippen molar-refractivity contribution in [3.63, 3.8) is 0 Å². The molecule has 0 aromatic heterocycles. The molecule has 0 atom stereocenters. The number of rotatable bonds is 5. The van der Waals surface area contributed by atoms with Gasteiger partial charge in [0, 0.05) is 13.0 Å². The third-order valence-electron chi connectivity index (χ3n) is 1.74. The van der Waals surface area contributed by atoms with Gasteiger partial charge in [-0.2, -0.15) is 0 Å². The summed E-state index contributed by atoms with van der Waals surface area (Å²) in [7, 11) is 0. The lowest BCUT2D eigenvalue weighted by molar-refractivity contribution is 0.0697. The molecule has 1 aromatic rings. The Balaban J connectivity index is 2.69. The molecular weight excluding hydrogens is 220 g/mol. The Morgan fingerprint density at radius 2 is 2.20 bits per heavy atom. The van der Waals surface area contributed by atoms with E-state index in [1.165, 1.54) is 18.2 Å². The maximum Gasteiger partial charge on any atom is 0.337 e. The van der Waals surface area contributed by atoms with E-state index in [1.807, 2.05) is 0 Å². The number of carbonyl (C=O) groups is 1. The molecule has 0 amide bonds. The van der Waals surface area contributed by atoms with Crippen LogP contribution < -0.4 is 4.74 Å². The number of hydrogen-bond acceptors (Lipinski definition) is 3. The molecule has 0 saturated heterocycles. The van der Waals surface area contributed by atoms with Gasteiger partial charge >= 0.3 is 5.97 Å². The van der Waals surface area contributed by atoms with Gasteiger partial charge in [-0.3, -0.25) is 0 Å². The van der Waals surface area contributed by atoms with Crippen molar-refractivity contribution in [2.75, 3.05) is 13.2 Å². The minimum atomic E-state index is -1.07. The average Bonchev–Trinajstić information content (AvgIpc) is 2.17. The van der Waals surface area contributed by atoms with E-state index in [1.54, 1.807) is 0 Å². The maximum absolute atomic E-state index is 10.6. The number of hydrogen-bond donors (Lipinski definition) is 2. The molecule has 0 fully saturated rings. The normalized spacial score (nSPS) is 10.0. The zero-order valence-corrected chi connectivity index (χ0v) is 8.70. The number of aromatic carboxylic acids is 1. The van der Waals surface area contributed by atoms with E-state index < -0.39 is 5.97 Å². The van der Waals surface area contributed by atoms with E-state index >= 15 is 0 Å². The van der Waals surface area contributed by atoms with Gasteiger partial charge in [-0.1, -0.05) is 11.6 Å². The number of aliphatic hydroxyl groups excluding tert-OH is 1. The van der Waals surface area contributed by atoms with E-state index in [-0.39, 0.29) is 17.2 Å². The monoisotopic (exact) mass is 230 g/mol. The first-order valence-electron chi connectivity index (χ1n) is 4.41.